The molecule has 12 aromatic rings. The summed E-state index contributed by atoms with van der Waals surface area (Å²) in [6.45, 7) is 30.5. The summed E-state index contributed by atoms with van der Waals surface area (Å²) in [7, 11) is 0. The highest BCUT2D eigenvalue weighted by Gasteiger charge is 2.45. The van der Waals surface area contributed by atoms with Crippen LogP contribution in [0.5, 0.6) is 0 Å². The van der Waals surface area contributed by atoms with Crippen LogP contribution in [0.2, 0.25) is 40.2 Å². The minimum Gasteiger partial charge on any atom is -0.481 e. The molecule has 8 saturated heterocycles. The molecule has 1 saturated carbocycles. The Bertz CT molecular complexity index is 6700. The van der Waals surface area contributed by atoms with E-state index in [0.29, 0.717) is 129 Å². The lowest BCUT2D eigenvalue weighted by molar-refractivity contribution is -0.147. The third-order valence-electron chi connectivity index (χ3n) is 31.5. The number of aromatic nitrogens is 16. The molecule has 8 aromatic heterocycles. The Balaban J connectivity index is 0.000000128. The van der Waals surface area contributed by atoms with Crippen molar-refractivity contribution in [2.24, 2.45) is 53.3 Å². The minimum atomic E-state index is -0.727. The summed E-state index contributed by atoms with van der Waals surface area (Å²) in [6.07, 6.45) is 21.2. The zero-order chi connectivity index (χ0) is 103. The Hall–Kier alpha value is -10.7. The summed E-state index contributed by atoms with van der Waals surface area (Å²) in [6, 6.07) is 25.7. The Labute approximate surface area is 893 Å². The van der Waals surface area contributed by atoms with Crippen molar-refractivity contribution in [3.8, 4) is 12.1 Å². The van der Waals surface area contributed by atoms with Crippen molar-refractivity contribution in [2.45, 2.75) is 174 Å². The molecule has 776 valence electrons. The van der Waals surface area contributed by atoms with Gasteiger partial charge in [0.15, 0.2) is 34.0 Å². The van der Waals surface area contributed by atoms with Crippen LogP contribution in [0.4, 0.5) is 23.4 Å². The molecule has 8 aliphatic heterocycles. The van der Waals surface area contributed by atoms with E-state index >= 15 is 0 Å². The fourth-order valence-electron chi connectivity index (χ4n) is 22.8. The molecule has 9 aliphatic rings. The first-order valence-electron chi connectivity index (χ1n) is 51.1. The van der Waals surface area contributed by atoms with Crippen molar-refractivity contribution in [1.82, 2.24) is 98.6 Å². The van der Waals surface area contributed by atoms with Gasteiger partial charge in [-0.3, -0.25) is 19.2 Å². The lowest BCUT2D eigenvalue weighted by atomic mass is 9.76. The smallest absolute Gasteiger partial charge is 0.306 e. The van der Waals surface area contributed by atoms with Gasteiger partial charge in [0.25, 0.3) is 0 Å². The topological polar surface area (TPSA) is 397 Å². The van der Waals surface area contributed by atoms with Crippen LogP contribution in [-0.2, 0) is 19.2 Å². The Morgan fingerprint density at radius 2 is 0.707 bits per heavy atom. The molecule has 34 nitrogen and oxygen atoms in total. The van der Waals surface area contributed by atoms with Crippen LogP contribution in [0.1, 0.15) is 200 Å². The van der Waals surface area contributed by atoms with Gasteiger partial charge in [-0.25, -0.2) is 53.6 Å². The van der Waals surface area contributed by atoms with Gasteiger partial charge in [0.2, 0.25) is 5.95 Å². The summed E-state index contributed by atoms with van der Waals surface area (Å²) in [4.78, 5) is 101. The third-order valence-corrected chi connectivity index (χ3v) is 33.8. The van der Waals surface area contributed by atoms with E-state index in [0.717, 1.165) is 236 Å². The number of carboxylic acids is 4. The number of nitriles is 2. The van der Waals surface area contributed by atoms with Crippen molar-refractivity contribution in [3.05, 3.63) is 183 Å². The number of likely N-dealkylation sites (tertiary alicyclic amines) is 4. The second kappa shape index (κ2) is 46.8. The predicted molar refractivity (Wildman–Crippen MR) is 571 cm³/mol. The van der Waals surface area contributed by atoms with Crippen LogP contribution in [0.25, 0.3) is 44.5 Å². The molecule has 21 rings (SSSR count). The quantitative estimate of drug-likeness (QED) is 0.0325. The molecule has 42 heteroatoms. The predicted octanol–water partition coefficient (Wildman–Crippen LogP) is 19.4. The van der Waals surface area contributed by atoms with E-state index in [1.807, 2.05) is 85.9 Å². The number of hydrogen-bond donors (Lipinski definition) is 4. The molecule has 16 heterocycles. The molecule has 147 heavy (non-hydrogen) atoms. The molecule has 0 spiro atoms. The van der Waals surface area contributed by atoms with Gasteiger partial charge in [0.05, 0.1) is 65.4 Å². The van der Waals surface area contributed by atoms with Gasteiger partial charge >= 0.3 is 23.9 Å². The monoisotopic (exact) mass is 2150 g/mol. The molecule has 0 amide bonds. The highest BCUT2D eigenvalue weighted by molar-refractivity contribution is 6.37. The molecule has 0 bridgehead atoms. The van der Waals surface area contributed by atoms with Gasteiger partial charge in [-0.05, 0) is 289 Å². The van der Waals surface area contributed by atoms with Gasteiger partial charge in [0, 0.05) is 150 Å². The minimum absolute atomic E-state index is 0.104. The first-order valence-corrected chi connectivity index (χ1v) is 54.1. The number of aliphatic carboxylic acids is 4. The fraction of sp³-hybridized carbons (Fsp3) is 0.524. The maximum atomic E-state index is 11.2. The summed E-state index contributed by atoms with van der Waals surface area (Å²) in [5.41, 5.74) is 10.2. The summed E-state index contributed by atoms with van der Waals surface area (Å²) < 4.78 is 7.27. The largest absolute Gasteiger partial charge is 0.481 e. The number of piperidine rings is 4. The van der Waals surface area contributed by atoms with Gasteiger partial charge < -0.3 is 59.6 Å². The van der Waals surface area contributed by atoms with Crippen LogP contribution in [-0.4, -0.2) is 273 Å². The Morgan fingerprint density at radius 3 is 1.06 bits per heavy atom. The van der Waals surface area contributed by atoms with Crippen LogP contribution >= 0.6 is 92.8 Å². The molecule has 9 fully saturated rings. The van der Waals surface area contributed by atoms with E-state index in [1.165, 1.54) is 38.5 Å². The van der Waals surface area contributed by atoms with Crippen molar-refractivity contribution >= 4 is 185 Å². The molecule has 8 atom stereocenters. The highest BCUT2D eigenvalue weighted by Crippen LogP contribution is 2.45. The summed E-state index contributed by atoms with van der Waals surface area (Å²) in [5.74, 6) is 5.14. The maximum absolute atomic E-state index is 11.2. The number of benzene rings is 4. The SMILES string of the molecule is C[C@H](c1ccc(Cl)cc1Cl)n1nc(C#N)c2ncc(N3CC([C@@H]4CCCN(CCCC(=O)O)C4)C3)nc21.C[C@H](c1ccc(Cl)cc1Cl)n1nc(C#N)c2ncc(N3CC([C@H]4CCCN(CCCC(=O)O)C4)C3)nc21.Cc1nn([C@H](C)c2ccc(Cl)cc2Cl)c2nc(N3CC([C@@H]4CCCN(CCCC(=O)O)C4)C3)ncc12.Cc1nn([C@H](C)c2ccc(Cl)cc2Cl)c2nc(N3CC([C@H]4CCCN(C5CC(C(=O)O)C5)C4)C3)cnc12. The standard InChI is InChI=1S/C27H32Cl2N6O2.2C26H29Cl2N7O2.C26H32Cl2N6O2/c1-15-25-26(35(32-15)16(2)22-6-5-20(28)10-23(22)29)31-24(11-30-25)34-13-19(14-34)17-4-3-7-33(12-17)21-8-18(9-21)27(36)37;2*1-16(20-7-6-19(27)10-21(20)28)35-26-25(22(11-29)32-35)30-12-23(31-26)34-14-18(15-34)17-4-2-8-33(13-17)9-3-5-24(36)37;1-16-22-12-29-26(30-25(22)34(31-16)17(2)21-8-7-20(27)11-23(21)28)33-14-19(15-33)18-5-3-9-32(13-18)10-4-6-24(35)36/h5-6,10-11,16-19,21H,3-4,7-9,12-14H2,1-2H3,(H,36,37);2*6-7,10,12,16-18H,2-5,8-9,13-15H2,1H3,(H,36,37);7-8,11-12,17-19H,3-6,9-10,13-15H2,1-2H3,(H,35,36)/t16-,17+,18?,21?;16-,17+;16-,17-;17-,18-/m1111/s1. The zero-order valence-corrected chi connectivity index (χ0v) is 89.2. The van der Waals surface area contributed by atoms with Crippen molar-refractivity contribution < 1.29 is 39.6 Å². The highest BCUT2D eigenvalue weighted by atomic mass is 35.5. The molecular formula is C105H122Cl8N26O8. The maximum Gasteiger partial charge on any atom is 0.306 e. The second-order valence-corrected chi connectivity index (χ2v) is 44.5. The number of halogens is 8. The van der Waals surface area contributed by atoms with E-state index in [-0.39, 0.29) is 60.7 Å². The van der Waals surface area contributed by atoms with Crippen LogP contribution in [0.15, 0.2) is 97.6 Å². The molecule has 1 aliphatic carbocycles. The second-order valence-electron chi connectivity index (χ2n) is 41.2. The number of rotatable bonds is 30. The summed E-state index contributed by atoms with van der Waals surface area (Å²) in [5, 5.41) is 79.3. The van der Waals surface area contributed by atoms with Gasteiger partial charge in [-0.1, -0.05) is 117 Å². The van der Waals surface area contributed by atoms with Crippen LogP contribution in [0.3, 0.4) is 0 Å². The number of nitrogens with zero attached hydrogens (tertiary/aromatic N) is 26. The number of hydrogen-bond acceptors (Lipinski definition) is 26. The average Bonchev–Trinajstić information content (AvgIpc) is 1.66. The average molecular weight is 2160 g/mol. The summed E-state index contributed by atoms with van der Waals surface area (Å²) >= 11 is 50.3. The van der Waals surface area contributed by atoms with Gasteiger partial charge in [0.1, 0.15) is 46.1 Å². The number of fused-ring (bicyclic) bond motifs is 4. The van der Waals surface area contributed by atoms with Crippen LogP contribution < -0.4 is 19.6 Å². The van der Waals surface area contributed by atoms with Crippen molar-refractivity contribution in [3.63, 3.8) is 0 Å². The van der Waals surface area contributed by atoms with E-state index < -0.39 is 23.9 Å². The first kappa shape index (κ1) is 106. The van der Waals surface area contributed by atoms with Crippen LogP contribution in [0, 0.1) is 89.8 Å². The lowest BCUT2D eigenvalue weighted by Gasteiger charge is -2.50. The Morgan fingerprint density at radius 1 is 0.381 bits per heavy atom. The van der Waals surface area contributed by atoms with E-state index in [2.05, 4.69) is 90.3 Å². The van der Waals surface area contributed by atoms with Gasteiger partial charge in [-0.2, -0.15) is 35.9 Å². The normalized spacial score (nSPS) is 21.2. The fourth-order valence-corrected chi connectivity index (χ4v) is 25.1. The number of anilines is 4. The number of carboxylic acid groups (broad SMARTS) is 4. The van der Waals surface area contributed by atoms with E-state index in [9.17, 15) is 34.8 Å². The van der Waals surface area contributed by atoms with E-state index in [4.69, 9.17) is 143 Å². The van der Waals surface area contributed by atoms with Crippen molar-refractivity contribution in [1.29, 1.82) is 10.5 Å². The lowest BCUT2D eigenvalue weighted by Crippen LogP contribution is -2.56. The molecule has 0 radical (unpaired) electrons. The zero-order valence-electron chi connectivity index (χ0n) is 83.1. The van der Waals surface area contributed by atoms with Crippen molar-refractivity contribution in [2.75, 3.05) is 144 Å². The number of aryl methyl sites for hydroxylation is 2. The van der Waals surface area contributed by atoms with Gasteiger partial charge in [-0.15, -0.1) is 0 Å². The van der Waals surface area contributed by atoms with E-state index in [1.54, 1.807) is 58.2 Å². The molecule has 0 unspecified atom stereocenters. The third kappa shape index (κ3) is 24.2. The number of carbonyl (C=O) groups is 4. The molecule has 4 aromatic carbocycles. The Kier molecular flexibility index (Phi) is 33.8. The first-order chi connectivity index (χ1) is 70.7. The molecule has 4 N–H and O–H groups in total. The molecular weight excluding hydrogens is 2040 g/mol.